The molecule has 0 saturated carbocycles. The third-order valence-electron chi connectivity index (χ3n) is 1.69. The molecular weight excluding hydrogens is 188 g/mol. The summed E-state index contributed by atoms with van der Waals surface area (Å²) in [5.41, 5.74) is 1.19. The van der Waals surface area contributed by atoms with Gasteiger partial charge in [-0.25, -0.2) is 0 Å². The molecular formula is C8H7BClNO2. The van der Waals surface area contributed by atoms with E-state index in [1.807, 2.05) is 6.07 Å². The van der Waals surface area contributed by atoms with E-state index in [1.54, 1.807) is 13.0 Å². The lowest BCUT2D eigenvalue weighted by Gasteiger charge is -2.05. The molecule has 2 N–H and O–H groups in total. The van der Waals surface area contributed by atoms with E-state index < -0.39 is 7.12 Å². The van der Waals surface area contributed by atoms with E-state index in [1.165, 1.54) is 6.07 Å². The highest BCUT2D eigenvalue weighted by Crippen LogP contribution is 2.14. The van der Waals surface area contributed by atoms with Crippen molar-refractivity contribution in [3.8, 4) is 6.07 Å². The van der Waals surface area contributed by atoms with Crippen molar-refractivity contribution in [1.29, 1.82) is 5.26 Å². The number of rotatable bonds is 1. The van der Waals surface area contributed by atoms with Gasteiger partial charge in [-0.05, 0) is 24.6 Å². The van der Waals surface area contributed by atoms with Gasteiger partial charge in [-0.3, -0.25) is 0 Å². The zero-order valence-electron chi connectivity index (χ0n) is 6.95. The number of nitrogens with zero attached hydrogens (tertiary/aromatic N) is 1. The third kappa shape index (κ3) is 2.01. The van der Waals surface area contributed by atoms with Gasteiger partial charge in [-0.1, -0.05) is 11.6 Å². The standard InChI is InChI=1S/C8H7BClNO2/c1-5-2-6(4-11)3-7(8(5)10)9(12)13/h2-3,12-13H,1H3. The molecule has 13 heavy (non-hydrogen) atoms. The Morgan fingerprint density at radius 1 is 1.46 bits per heavy atom. The molecule has 3 nitrogen and oxygen atoms in total. The minimum Gasteiger partial charge on any atom is -0.423 e. The van der Waals surface area contributed by atoms with E-state index in [0.29, 0.717) is 11.1 Å². The normalized spacial score (nSPS) is 9.46. The minimum atomic E-state index is -1.64. The van der Waals surface area contributed by atoms with E-state index in [-0.39, 0.29) is 10.5 Å². The van der Waals surface area contributed by atoms with Crippen LogP contribution in [0.5, 0.6) is 0 Å². The Balaban J connectivity index is 3.35. The number of nitriles is 1. The first kappa shape index (κ1) is 10.1. The molecule has 0 fully saturated rings. The fourth-order valence-corrected chi connectivity index (χ4v) is 1.26. The van der Waals surface area contributed by atoms with Crippen LogP contribution in [0, 0.1) is 18.3 Å². The summed E-state index contributed by atoms with van der Waals surface area (Å²) in [7, 11) is -1.64. The van der Waals surface area contributed by atoms with E-state index in [0.717, 1.165) is 0 Å². The lowest BCUT2D eigenvalue weighted by Crippen LogP contribution is -2.31. The van der Waals surface area contributed by atoms with Gasteiger partial charge in [0.2, 0.25) is 0 Å². The van der Waals surface area contributed by atoms with Crippen LogP contribution in [0.15, 0.2) is 12.1 Å². The van der Waals surface area contributed by atoms with E-state index in [9.17, 15) is 0 Å². The van der Waals surface area contributed by atoms with Gasteiger partial charge in [0, 0.05) is 10.5 Å². The summed E-state index contributed by atoms with van der Waals surface area (Å²) >= 11 is 5.79. The number of hydrogen-bond donors (Lipinski definition) is 2. The smallest absolute Gasteiger partial charge is 0.423 e. The predicted molar refractivity (Wildman–Crippen MR) is 50.7 cm³/mol. The van der Waals surface area contributed by atoms with Crippen molar-refractivity contribution in [1.82, 2.24) is 0 Å². The minimum absolute atomic E-state index is 0.165. The maximum atomic E-state index is 8.91. The topological polar surface area (TPSA) is 64.2 Å². The molecule has 0 amide bonds. The van der Waals surface area contributed by atoms with Crippen LogP contribution in [0.2, 0.25) is 5.02 Å². The molecule has 0 bridgehead atoms. The Morgan fingerprint density at radius 2 is 2.08 bits per heavy atom. The van der Waals surface area contributed by atoms with Crippen LogP contribution in [0.1, 0.15) is 11.1 Å². The summed E-state index contributed by atoms with van der Waals surface area (Å²) in [5, 5.41) is 26.7. The quantitative estimate of drug-likeness (QED) is 0.629. The van der Waals surface area contributed by atoms with Gasteiger partial charge in [-0.15, -0.1) is 0 Å². The zero-order valence-corrected chi connectivity index (χ0v) is 7.71. The summed E-state index contributed by atoms with van der Waals surface area (Å²) in [6.45, 7) is 1.70. The van der Waals surface area contributed by atoms with Crippen molar-refractivity contribution in [2.45, 2.75) is 6.92 Å². The highest BCUT2D eigenvalue weighted by atomic mass is 35.5. The number of aryl methyl sites for hydroxylation is 1. The van der Waals surface area contributed by atoms with Crippen molar-refractivity contribution < 1.29 is 10.0 Å². The first-order valence-electron chi connectivity index (χ1n) is 3.62. The molecule has 0 spiro atoms. The predicted octanol–water partition coefficient (Wildman–Crippen LogP) is 0.200. The van der Waals surface area contributed by atoms with Crippen molar-refractivity contribution in [3.63, 3.8) is 0 Å². The van der Waals surface area contributed by atoms with Gasteiger partial charge in [-0.2, -0.15) is 5.26 Å². The van der Waals surface area contributed by atoms with Crippen molar-refractivity contribution in [3.05, 3.63) is 28.3 Å². The molecule has 0 radical (unpaired) electrons. The van der Waals surface area contributed by atoms with Crippen molar-refractivity contribution >= 4 is 24.2 Å². The van der Waals surface area contributed by atoms with Crippen LogP contribution in [-0.2, 0) is 0 Å². The lowest BCUT2D eigenvalue weighted by atomic mass is 9.78. The van der Waals surface area contributed by atoms with Gasteiger partial charge in [0.1, 0.15) is 0 Å². The first-order chi connectivity index (χ1) is 6.06. The van der Waals surface area contributed by atoms with Crippen molar-refractivity contribution in [2.24, 2.45) is 0 Å². The number of hydrogen-bond acceptors (Lipinski definition) is 3. The number of benzene rings is 1. The van der Waals surface area contributed by atoms with Crippen molar-refractivity contribution in [2.75, 3.05) is 0 Å². The molecule has 0 aliphatic rings. The Bertz CT molecular complexity index is 373. The monoisotopic (exact) mass is 195 g/mol. The van der Waals surface area contributed by atoms with Crippen LogP contribution in [-0.4, -0.2) is 17.2 Å². The van der Waals surface area contributed by atoms with Crippen LogP contribution in [0.3, 0.4) is 0 Å². The maximum Gasteiger partial charge on any atom is 0.490 e. The largest absolute Gasteiger partial charge is 0.490 e. The highest BCUT2D eigenvalue weighted by molar-refractivity contribution is 6.62. The summed E-state index contributed by atoms with van der Waals surface area (Å²) < 4.78 is 0. The molecule has 0 aliphatic carbocycles. The molecule has 66 valence electrons. The second-order valence-corrected chi connectivity index (χ2v) is 3.06. The fraction of sp³-hybridized carbons (Fsp3) is 0.125. The molecule has 0 saturated heterocycles. The molecule has 1 aromatic carbocycles. The fourth-order valence-electron chi connectivity index (χ4n) is 1.05. The second kappa shape index (κ2) is 3.80. The molecule has 1 aromatic rings. The first-order valence-corrected chi connectivity index (χ1v) is 4.00. The molecule has 0 atom stereocenters. The zero-order chi connectivity index (χ0) is 10.0. The maximum absolute atomic E-state index is 8.91. The lowest BCUT2D eigenvalue weighted by molar-refractivity contribution is 0.426. The average Bonchev–Trinajstić information content (AvgIpc) is 2.09. The van der Waals surface area contributed by atoms with Crippen LogP contribution < -0.4 is 5.46 Å². The Hall–Kier alpha value is -1.02. The summed E-state index contributed by atoms with van der Waals surface area (Å²) in [5.74, 6) is 0. The van der Waals surface area contributed by atoms with Gasteiger partial charge in [0.05, 0.1) is 11.6 Å². The van der Waals surface area contributed by atoms with Crippen LogP contribution >= 0.6 is 11.6 Å². The summed E-state index contributed by atoms with van der Waals surface area (Å²) in [6, 6.07) is 4.86. The Labute approximate surface area is 81.3 Å². The molecule has 0 unspecified atom stereocenters. The van der Waals surface area contributed by atoms with E-state index in [2.05, 4.69) is 0 Å². The SMILES string of the molecule is Cc1cc(C#N)cc(B(O)O)c1Cl. The Morgan fingerprint density at radius 3 is 2.54 bits per heavy atom. The second-order valence-electron chi connectivity index (χ2n) is 2.68. The summed E-state index contributed by atoms with van der Waals surface area (Å²) in [6.07, 6.45) is 0. The molecule has 0 aromatic heterocycles. The van der Waals surface area contributed by atoms with Gasteiger partial charge >= 0.3 is 7.12 Å². The van der Waals surface area contributed by atoms with Crippen LogP contribution in [0.25, 0.3) is 0 Å². The number of halogens is 1. The van der Waals surface area contributed by atoms with E-state index in [4.69, 9.17) is 26.9 Å². The van der Waals surface area contributed by atoms with Gasteiger partial charge in [0.25, 0.3) is 0 Å². The average molecular weight is 195 g/mol. The third-order valence-corrected chi connectivity index (χ3v) is 2.21. The Kier molecular flexibility index (Phi) is 2.94. The summed E-state index contributed by atoms with van der Waals surface area (Å²) in [4.78, 5) is 0. The molecule has 1 rings (SSSR count). The van der Waals surface area contributed by atoms with Gasteiger partial charge < -0.3 is 10.0 Å². The van der Waals surface area contributed by atoms with E-state index >= 15 is 0 Å². The molecule has 5 heteroatoms. The van der Waals surface area contributed by atoms with Crippen LogP contribution in [0.4, 0.5) is 0 Å². The van der Waals surface area contributed by atoms with Gasteiger partial charge in [0.15, 0.2) is 0 Å². The molecule has 0 heterocycles. The highest BCUT2D eigenvalue weighted by Gasteiger charge is 2.17. The molecule has 0 aliphatic heterocycles.